The third-order valence-electron chi connectivity index (χ3n) is 7.15. The van der Waals surface area contributed by atoms with Gasteiger partial charge in [0.15, 0.2) is 6.73 Å². The summed E-state index contributed by atoms with van der Waals surface area (Å²) in [5.41, 5.74) is 3.13. The lowest BCUT2D eigenvalue weighted by Crippen LogP contribution is -2.46. The number of hydrogen-bond acceptors (Lipinski definition) is 8. The Hall–Kier alpha value is -3.30. The van der Waals surface area contributed by atoms with Crippen molar-refractivity contribution in [2.24, 2.45) is 0 Å². The summed E-state index contributed by atoms with van der Waals surface area (Å²) in [6, 6.07) is 14.6. The molecule has 2 aromatic carbocycles. The quantitative estimate of drug-likeness (QED) is 0.257. The van der Waals surface area contributed by atoms with Crippen LogP contribution in [-0.4, -0.2) is 69.6 Å². The molecule has 0 N–H and O–H groups in total. The van der Waals surface area contributed by atoms with E-state index >= 15 is 0 Å². The van der Waals surface area contributed by atoms with E-state index in [0.717, 1.165) is 62.6 Å². The fourth-order valence-corrected chi connectivity index (χ4v) is 5.93. The summed E-state index contributed by atoms with van der Waals surface area (Å²) in [7, 11) is 0. The number of benzene rings is 2. The van der Waals surface area contributed by atoms with Crippen LogP contribution in [0.1, 0.15) is 31.7 Å². The van der Waals surface area contributed by atoms with Crippen LogP contribution in [0.3, 0.4) is 0 Å². The number of carbonyl (C=O) groups is 2. The van der Waals surface area contributed by atoms with E-state index < -0.39 is 6.16 Å². The maximum atomic E-state index is 12.5. The molecule has 1 saturated heterocycles. The van der Waals surface area contributed by atoms with E-state index in [4.69, 9.17) is 14.2 Å². The van der Waals surface area contributed by atoms with E-state index in [2.05, 4.69) is 39.4 Å². The first-order valence-electron chi connectivity index (χ1n) is 13.4. The van der Waals surface area contributed by atoms with Gasteiger partial charge in [-0.1, -0.05) is 12.1 Å². The number of amides is 1. The van der Waals surface area contributed by atoms with Gasteiger partial charge in [-0.25, -0.2) is 4.79 Å². The van der Waals surface area contributed by atoms with Crippen molar-refractivity contribution in [2.75, 3.05) is 62.5 Å². The van der Waals surface area contributed by atoms with Crippen molar-refractivity contribution in [3.05, 3.63) is 53.4 Å². The molecule has 38 heavy (non-hydrogen) atoms. The first-order valence-corrected chi connectivity index (χ1v) is 14.3. The van der Waals surface area contributed by atoms with Crippen LogP contribution in [0.5, 0.6) is 5.75 Å². The van der Waals surface area contributed by atoms with Crippen molar-refractivity contribution in [3.8, 4) is 5.75 Å². The average molecular weight is 538 g/mol. The molecule has 1 fully saturated rings. The van der Waals surface area contributed by atoms with Gasteiger partial charge in [0.05, 0.1) is 18.9 Å². The van der Waals surface area contributed by atoms with Gasteiger partial charge in [0.2, 0.25) is 5.91 Å². The normalized spacial score (nSPS) is 16.0. The second-order valence-electron chi connectivity index (χ2n) is 9.56. The van der Waals surface area contributed by atoms with Crippen molar-refractivity contribution in [2.45, 2.75) is 32.6 Å². The predicted octanol–water partition coefficient (Wildman–Crippen LogP) is 5.29. The molecule has 0 atom stereocenters. The Bertz CT molecular complexity index is 1250. The molecule has 202 valence electrons. The van der Waals surface area contributed by atoms with E-state index in [1.54, 1.807) is 18.3 Å². The number of thiophene rings is 1. The summed E-state index contributed by atoms with van der Waals surface area (Å²) < 4.78 is 17.3. The first kappa shape index (κ1) is 26.3. The molecule has 3 aromatic rings. The van der Waals surface area contributed by atoms with Gasteiger partial charge in [-0.3, -0.25) is 14.6 Å². The Morgan fingerprint density at radius 2 is 1.84 bits per heavy atom. The van der Waals surface area contributed by atoms with E-state index in [0.29, 0.717) is 19.4 Å². The molecule has 2 aliphatic heterocycles. The van der Waals surface area contributed by atoms with Crippen LogP contribution < -0.4 is 14.5 Å². The van der Waals surface area contributed by atoms with Crippen molar-refractivity contribution >= 4 is 44.9 Å². The minimum atomic E-state index is -0.777. The van der Waals surface area contributed by atoms with Crippen LogP contribution in [0.15, 0.2) is 47.8 Å². The van der Waals surface area contributed by atoms with E-state index in [1.807, 2.05) is 18.2 Å². The molecule has 1 amide bonds. The van der Waals surface area contributed by atoms with Gasteiger partial charge in [-0.2, -0.15) is 0 Å². The number of rotatable bonds is 10. The number of carbonyl (C=O) groups excluding carboxylic acids is 2. The van der Waals surface area contributed by atoms with E-state index in [1.165, 1.54) is 20.7 Å². The van der Waals surface area contributed by atoms with Gasteiger partial charge >= 0.3 is 6.16 Å². The molecule has 0 unspecified atom stereocenters. The first-order chi connectivity index (χ1) is 18.6. The Balaban J connectivity index is 1.05. The standard InChI is InChI=1S/C29H35N3O5S/c1-2-35-29(34)37-21-32-26-20-23(10-8-22(26)9-11-28(32)33)36-18-4-3-13-30-14-16-31(17-15-30)25-6-5-7-27-24(25)12-19-38-27/h5-8,10,12,19-20H,2-4,9,11,13-18,21H2,1H3. The van der Waals surface area contributed by atoms with Crippen LogP contribution >= 0.6 is 11.3 Å². The van der Waals surface area contributed by atoms with Gasteiger partial charge < -0.3 is 19.1 Å². The highest BCUT2D eigenvalue weighted by molar-refractivity contribution is 7.17. The molecule has 0 bridgehead atoms. The molecule has 5 rings (SSSR count). The third kappa shape index (κ3) is 6.22. The van der Waals surface area contributed by atoms with Gasteiger partial charge in [0.25, 0.3) is 0 Å². The fourth-order valence-electron chi connectivity index (χ4n) is 5.12. The highest BCUT2D eigenvalue weighted by atomic mass is 32.1. The molecule has 2 aliphatic rings. The molecule has 0 radical (unpaired) electrons. The zero-order valence-electron chi connectivity index (χ0n) is 21.9. The third-order valence-corrected chi connectivity index (χ3v) is 8.04. The molecule has 3 heterocycles. The monoisotopic (exact) mass is 537 g/mol. The summed E-state index contributed by atoms with van der Waals surface area (Å²) in [5, 5.41) is 3.54. The summed E-state index contributed by atoms with van der Waals surface area (Å²) in [6.45, 7) is 7.71. The molecular formula is C29H35N3O5S. The second-order valence-corrected chi connectivity index (χ2v) is 10.5. The highest BCUT2D eigenvalue weighted by Gasteiger charge is 2.26. The molecule has 0 aliphatic carbocycles. The number of unbranched alkanes of at least 4 members (excludes halogenated alkanes) is 1. The summed E-state index contributed by atoms with van der Waals surface area (Å²) in [6.07, 6.45) is 2.31. The van der Waals surface area contributed by atoms with Crippen LogP contribution in [-0.2, 0) is 20.7 Å². The van der Waals surface area contributed by atoms with Crippen LogP contribution in [0, 0.1) is 0 Å². The molecule has 0 saturated carbocycles. The van der Waals surface area contributed by atoms with Gasteiger partial charge in [-0.05, 0) is 67.9 Å². The van der Waals surface area contributed by atoms with Crippen LogP contribution in [0.2, 0.25) is 0 Å². The number of piperazine rings is 1. The van der Waals surface area contributed by atoms with Crippen molar-refractivity contribution in [1.82, 2.24) is 4.90 Å². The number of nitrogens with zero attached hydrogens (tertiary/aromatic N) is 3. The Labute approximate surface area is 227 Å². The molecule has 0 spiro atoms. The maximum Gasteiger partial charge on any atom is 0.510 e. The lowest BCUT2D eigenvalue weighted by atomic mass is 10.0. The minimum absolute atomic E-state index is 0.0777. The summed E-state index contributed by atoms with van der Waals surface area (Å²) in [4.78, 5) is 30.6. The number of ether oxygens (including phenoxy) is 3. The molecule has 1 aromatic heterocycles. The summed E-state index contributed by atoms with van der Waals surface area (Å²) >= 11 is 1.80. The Morgan fingerprint density at radius 1 is 0.974 bits per heavy atom. The lowest BCUT2D eigenvalue weighted by molar-refractivity contribution is -0.119. The van der Waals surface area contributed by atoms with Gasteiger partial charge in [-0.15, -0.1) is 11.3 Å². The number of hydrogen-bond donors (Lipinski definition) is 0. The minimum Gasteiger partial charge on any atom is -0.494 e. The predicted molar refractivity (Wildman–Crippen MR) is 150 cm³/mol. The zero-order valence-corrected chi connectivity index (χ0v) is 22.7. The van der Waals surface area contributed by atoms with Crippen LogP contribution in [0.25, 0.3) is 10.1 Å². The van der Waals surface area contributed by atoms with E-state index in [-0.39, 0.29) is 19.2 Å². The number of anilines is 2. The van der Waals surface area contributed by atoms with E-state index in [9.17, 15) is 9.59 Å². The van der Waals surface area contributed by atoms with Crippen molar-refractivity contribution in [1.29, 1.82) is 0 Å². The largest absolute Gasteiger partial charge is 0.510 e. The maximum absolute atomic E-state index is 12.5. The van der Waals surface area contributed by atoms with Gasteiger partial charge in [0, 0.05) is 54.4 Å². The smallest absolute Gasteiger partial charge is 0.494 e. The molecular weight excluding hydrogens is 502 g/mol. The van der Waals surface area contributed by atoms with Crippen LogP contribution in [0.4, 0.5) is 16.2 Å². The Kier molecular flexibility index (Phi) is 8.65. The summed E-state index contributed by atoms with van der Waals surface area (Å²) in [5.74, 6) is 0.641. The molecule has 8 nitrogen and oxygen atoms in total. The Morgan fingerprint density at radius 3 is 2.68 bits per heavy atom. The lowest BCUT2D eigenvalue weighted by Gasteiger charge is -2.36. The average Bonchev–Trinajstić information content (AvgIpc) is 3.42. The number of aryl methyl sites for hydroxylation is 1. The van der Waals surface area contributed by atoms with Gasteiger partial charge in [0.1, 0.15) is 5.75 Å². The fraction of sp³-hybridized carbons (Fsp3) is 0.448. The zero-order chi connectivity index (χ0) is 26.3. The topological polar surface area (TPSA) is 71.5 Å². The molecule has 9 heteroatoms. The second kappa shape index (κ2) is 12.5. The van der Waals surface area contributed by atoms with Crippen molar-refractivity contribution in [3.63, 3.8) is 0 Å². The SMILES string of the molecule is CCOC(=O)OCN1C(=O)CCc2ccc(OCCCCN3CCN(c4cccc5sccc45)CC3)cc21. The number of fused-ring (bicyclic) bond motifs is 2. The highest BCUT2D eigenvalue weighted by Crippen LogP contribution is 2.32. The van der Waals surface area contributed by atoms with Crippen molar-refractivity contribution < 1.29 is 23.8 Å².